The molecule has 3 aliphatic heterocycles. The number of pyridine rings is 1. The van der Waals surface area contributed by atoms with Gasteiger partial charge in [-0.15, -0.1) is 0 Å². The van der Waals surface area contributed by atoms with Crippen LogP contribution >= 0.6 is 0 Å². The molecule has 3 aromatic rings. The van der Waals surface area contributed by atoms with Crippen molar-refractivity contribution in [2.24, 2.45) is 5.92 Å². The molecule has 302 valence electrons. The third-order valence-corrected chi connectivity index (χ3v) is 14.9. The van der Waals surface area contributed by atoms with Crippen LogP contribution < -0.4 is 20.1 Å². The van der Waals surface area contributed by atoms with Gasteiger partial charge >= 0.3 is 6.09 Å². The molecule has 3 fully saturated rings. The highest BCUT2D eigenvalue weighted by molar-refractivity contribution is 7.91. The van der Waals surface area contributed by atoms with E-state index in [0.717, 1.165) is 23.8 Å². The van der Waals surface area contributed by atoms with Crippen molar-refractivity contribution in [3.63, 3.8) is 0 Å². The fraction of sp³-hybridized carbons (Fsp3) is 0.500. The van der Waals surface area contributed by atoms with E-state index in [0.29, 0.717) is 73.9 Å². The normalized spacial score (nSPS) is 28.9. The Kier molecular flexibility index (Phi) is 10.0. The van der Waals surface area contributed by atoms with Crippen LogP contribution in [0.3, 0.4) is 0 Å². The number of para-hydroxylation sites is 1. The zero-order valence-corrected chi connectivity index (χ0v) is 33.0. The molecule has 13 nitrogen and oxygen atoms in total. The summed E-state index contributed by atoms with van der Waals surface area (Å²) in [6, 6.07) is 11.5. The Morgan fingerprint density at radius 3 is 2.58 bits per heavy atom. The fourth-order valence-electron chi connectivity index (χ4n) is 8.89. The van der Waals surface area contributed by atoms with Crippen molar-refractivity contribution in [1.82, 2.24) is 25.2 Å². The highest BCUT2D eigenvalue weighted by atomic mass is 32.2. The van der Waals surface area contributed by atoms with Crippen molar-refractivity contribution in [2.75, 3.05) is 13.7 Å². The van der Waals surface area contributed by atoms with Gasteiger partial charge in [0.15, 0.2) is 0 Å². The lowest BCUT2D eigenvalue weighted by atomic mass is 9.65. The van der Waals surface area contributed by atoms with Crippen molar-refractivity contribution in [3.05, 3.63) is 72.1 Å². The third-order valence-electron chi connectivity index (χ3n) is 12.8. The van der Waals surface area contributed by atoms with E-state index < -0.39 is 73.5 Å². The highest BCUT2D eigenvalue weighted by Crippen LogP contribution is 2.48. The van der Waals surface area contributed by atoms with Gasteiger partial charge in [0.1, 0.15) is 40.5 Å². The number of rotatable bonds is 5. The Hall–Kier alpha value is -5.05. The summed E-state index contributed by atoms with van der Waals surface area (Å²) < 4.78 is 54.4. The van der Waals surface area contributed by atoms with Crippen molar-refractivity contribution in [1.29, 1.82) is 0 Å². The zero-order chi connectivity index (χ0) is 40.2. The lowest BCUT2D eigenvalue weighted by molar-refractivity contribution is -0.144. The second-order valence-corrected chi connectivity index (χ2v) is 18.7. The minimum absolute atomic E-state index is 0.0267. The molecule has 1 saturated heterocycles. The van der Waals surface area contributed by atoms with Crippen LogP contribution in [0, 0.1) is 11.7 Å². The number of fused-ring (bicyclic) bond motifs is 5. The number of ether oxygens (including phenoxy) is 2. The molecule has 5 aliphatic rings. The number of hydrogen-bond donors (Lipinski definition) is 3. The van der Waals surface area contributed by atoms with Gasteiger partial charge in [0, 0.05) is 28.9 Å². The van der Waals surface area contributed by atoms with Gasteiger partial charge in [0.05, 0.1) is 23.9 Å². The smallest absolute Gasteiger partial charge is 0.407 e. The Balaban J connectivity index is 1.19. The predicted molar refractivity (Wildman–Crippen MR) is 209 cm³/mol. The van der Waals surface area contributed by atoms with Crippen LogP contribution in [-0.2, 0) is 35.6 Å². The quantitative estimate of drug-likeness (QED) is 0.293. The summed E-state index contributed by atoms with van der Waals surface area (Å²) in [5, 5.41) is 6.54. The Labute approximate surface area is 331 Å². The summed E-state index contributed by atoms with van der Waals surface area (Å²) in [5.74, 6) is -2.43. The number of allylic oxidation sites excluding steroid dienone is 1. The van der Waals surface area contributed by atoms with E-state index in [1.165, 1.54) is 24.1 Å². The maximum absolute atomic E-state index is 14.8. The number of alkyl carbamates (subject to hydrolysis) is 1. The van der Waals surface area contributed by atoms with E-state index in [1.807, 2.05) is 36.4 Å². The predicted octanol–water partition coefficient (Wildman–Crippen LogP) is 5.21. The molecule has 4 amide bonds. The van der Waals surface area contributed by atoms with Crippen molar-refractivity contribution in [2.45, 2.75) is 112 Å². The van der Waals surface area contributed by atoms with Gasteiger partial charge in [0.25, 0.3) is 5.91 Å². The van der Waals surface area contributed by atoms with Gasteiger partial charge in [-0.2, -0.15) is 0 Å². The van der Waals surface area contributed by atoms with E-state index in [2.05, 4.69) is 15.4 Å². The molecule has 1 aromatic heterocycles. The molecule has 0 radical (unpaired) electrons. The molecule has 3 N–H and O–H groups in total. The first-order chi connectivity index (χ1) is 27.3. The number of nitrogens with one attached hydrogen (secondary N) is 3. The van der Waals surface area contributed by atoms with Crippen molar-refractivity contribution in [3.8, 4) is 17.0 Å². The van der Waals surface area contributed by atoms with Gasteiger partial charge in [-0.05, 0) is 82.9 Å². The van der Waals surface area contributed by atoms with Crippen LogP contribution in [0.25, 0.3) is 22.2 Å². The fourth-order valence-corrected chi connectivity index (χ4v) is 10.2. The Morgan fingerprint density at radius 1 is 1.04 bits per heavy atom. The number of carbonyl (C=O) groups excluding carboxylic acids is 4. The average molecular weight is 802 g/mol. The number of hydrogen-bond acceptors (Lipinski definition) is 9. The van der Waals surface area contributed by atoms with Gasteiger partial charge in [-0.3, -0.25) is 19.1 Å². The standard InChI is InChI=1S/C42H48FN5O8S/c1-40(21-22-40)57(53,54)47-38(51)42-20-17-27(42)12-6-4-3-5-7-16-32(45-39(52)55-2)37(50)48-25-41(24-33(48)36(49)46-42)19-18-30-29-14-8-9-15-31(29)44-34(35(30)56-41)26-11-10-13-28(43)23-26/h6,8-15,23,27,32-33H,3-5,7,16-22,24-25H2,1-2H3,(H,45,52)(H,46,49)(H,47,51)/b12-6-/t27-,32+,33+,41-,42-/m1/s1. The number of benzene rings is 2. The highest BCUT2D eigenvalue weighted by Gasteiger charge is 2.59. The summed E-state index contributed by atoms with van der Waals surface area (Å²) in [6.07, 6.45) is 8.70. The largest absolute Gasteiger partial charge is 0.483 e. The molecular formula is C42H48FN5O8S. The molecule has 1 spiro atoms. The lowest BCUT2D eigenvalue weighted by Gasteiger charge is -2.48. The molecule has 15 heteroatoms. The summed E-state index contributed by atoms with van der Waals surface area (Å²) in [4.78, 5) is 62.6. The molecule has 0 unspecified atom stereocenters. The number of aromatic nitrogens is 1. The third kappa shape index (κ3) is 7.12. The first-order valence-corrected chi connectivity index (χ1v) is 21.3. The van der Waals surface area contributed by atoms with Gasteiger partial charge in [-0.1, -0.05) is 55.3 Å². The van der Waals surface area contributed by atoms with Gasteiger partial charge in [-0.25, -0.2) is 22.6 Å². The molecule has 5 atom stereocenters. The summed E-state index contributed by atoms with van der Waals surface area (Å²) >= 11 is 0. The topological polar surface area (TPSA) is 173 Å². The van der Waals surface area contributed by atoms with Gasteiger partial charge < -0.3 is 25.0 Å². The first-order valence-electron chi connectivity index (χ1n) is 19.8. The molecule has 2 aromatic carbocycles. The van der Waals surface area contributed by atoms with Gasteiger partial charge in [0.2, 0.25) is 21.8 Å². The minimum Gasteiger partial charge on any atom is -0.483 e. The molecule has 4 heterocycles. The van der Waals surface area contributed by atoms with E-state index in [9.17, 15) is 32.0 Å². The summed E-state index contributed by atoms with van der Waals surface area (Å²) in [5.41, 5.74) is -0.167. The SMILES string of the molecule is COC(=O)N[C@H]1CCCCC/C=C\[C@@H]2CC[C@@]2(C(=O)NS(=O)(=O)C2(C)CC2)NC(=O)[C@@H]2C[C@]3(CCc4c(c(-c5cccc(F)c5)nc5ccccc45)O3)CN2C1=O. The van der Waals surface area contributed by atoms with E-state index in [1.54, 1.807) is 19.1 Å². The zero-order valence-electron chi connectivity index (χ0n) is 32.1. The number of carbonyl (C=O) groups is 4. The van der Waals surface area contributed by atoms with E-state index in [4.69, 9.17) is 14.5 Å². The maximum atomic E-state index is 14.8. The van der Waals surface area contributed by atoms with Crippen LogP contribution in [0.4, 0.5) is 9.18 Å². The average Bonchev–Trinajstić information content (AvgIpc) is 3.85. The van der Waals surface area contributed by atoms with Crippen LogP contribution in [0.15, 0.2) is 60.7 Å². The molecule has 2 aliphatic carbocycles. The maximum Gasteiger partial charge on any atom is 0.407 e. The number of sulfonamides is 1. The number of methoxy groups -OCH3 is 1. The number of halogens is 1. The van der Waals surface area contributed by atoms with E-state index >= 15 is 0 Å². The molecular weight excluding hydrogens is 754 g/mol. The molecule has 2 saturated carbocycles. The summed E-state index contributed by atoms with van der Waals surface area (Å²) in [6.45, 7) is 1.56. The van der Waals surface area contributed by atoms with Crippen molar-refractivity contribution >= 4 is 44.7 Å². The van der Waals surface area contributed by atoms with Crippen LogP contribution in [0.1, 0.15) is 83.1 Å². The molecule has 0 bridgehead atoms. The van der Waals surface area contributed by atoms with Crippen LogP contribution in [0.5, 0.6) is 5.75 Å². The number of nitrogens with zero attached hydrogens (tertiary/aromatic N) is 2. The van der Waals surface area contributed by atoms with Crippen molar-refractivity contribution < 1.29 is 41.5 Å². The number of amides is 4. The lowest BCUT2D eigenvalue weighted by Crippen LogP contribution is -2.70. The van der Waals surface area contributed by atoms with E-state index in [-0.39, 0.29) is 19.4 Å². The second-order valence-electron chi connectivity index (χ2n) is 16.5. The Morgan fingerprint density at radius 2 is 1.84 bits per heavy atom. The van der Waals surface area contributed by atoms with Crippen LogP contribution in [-0.4, -0.2) is 83.7 Å². The Bertz CT molecular complexity index is 2280. The molecule has 57 heavy (non-hydrogen) atoms. The summed E-state index contributed by atoms with van der Waals surface area (Å²) in [7, 11) is -2.82. The number of aryl methyl sites for hydroxylation is 1. The minimum atomic E-state index is -4.03. The van der Waals surface area contributed by atoms with Crippen LogP contribution in [0.2, 0.25) is 0 Å². The second kappa shape index (κ2) is 14.7. The molecule has 8 rings (SSSR count). The monoisotopic (exact) mass is 801 g/mol. The first kappa shape index (κ1) is 38.8.